The summed E-state index contributed by atoms with van der Waals surface area (Å²) < 4.78 is 0. The van der Waals surface area contributed by atoms with Crippen LogP contribution in [0.4, 0.5) is 0 Å². The molecule has 2 rings (SSSR count). The molecular weight excluding hydrogens is 260 g/mol. The lowest BCUT2D eigenvalue weighted by atomic mass is 9.80. The molecule has 0 aromatic carbocycles. The zero-order chi connectivity index (χ0) is 15.1. The fourth-order valence-corrected chi connectivity index (χ4v) is 2.67. The highest BCUT2D eigenvalue weighted by Crippen LogP contribution is 2.35. The normalized spacial score (nSPS) is 24.2. The first-order valence-electron chi connectivity index (χ1n) is 6.89. The summed E-state index contributed by atoms with van der Waals surface area (Å²) in [6.45, 7) is 6.02. The second-order valence-corrected chi connectivity index (χ2v) is 6.45. The van der Waals surface area contributed by atoms with Gasteiger partial charge in [-0.2, -0.15) is 0 Å². The van der Waals surface area contributed by atoms with Gasteiger partial charge < -0.3 is 0 Å². The summed E-state index contributed by atoms with van der Waals surface area (Å²) in [6.07, 6.45) is 0.668. The SMILES string of the molecule is CC(C)(C)C1CC(=O)N(CCN2C(=O)CCC2=O)C1=O. The van der Waals surface area contributed by atoms with Crippen LogP contribution in [0.5, 0.6) is 0 Å². The quantitative estimate of drug-likeness (QED) is 0.708. The number of carbonyl (C=O) groups is 4. The van der Waals surface area contributed by atoms with Gasteiger partial charge in [-0.05, 0) is 5.41 Å². The zero-order valence-corrected chi connectivity index (χ0v) is 12.1. The van der Waals surface area contributed by atoms with Crippen molar-refractivity contribution in [2.45, 2.75) is 40.0 Å². The molecule has 1 unspecified atom stereocenters. The highest BCUT2D eigenvalue weighted by Gasteiger charge is 2.44. The molecule has 2 heterocycles. The summed E-state index contributed by atoms with van der Waals surface area (Å²) in [4.78, 5) is 49.5. The van der Waals surface area contributed by atoms with Gasteiger partial charge in [-0.25, -0.2) is 0 Å². The van der Waals surface area contributed by atoms with Crippen LogP contribution in [0.3, 0.4) is 0 Å². The zero-order valence-electron chi connectivity index (χ0n) is 12.1. The van der Waals surface area contributed by atoms with E-state index in [-0.39, 0.29) is 67.3 Å². The first-order valence-corrected chi connectivity index (χ1v) is 6.89. The van der Waals surface area contributed by atoms with Crippen molar-refractivity contribution in [3.05, 3.63) is 0 Å². The molecule has 2 saturated heterocycles. The molecule has 6 heteroatoms. The summed E-state index contributed by atoms with van der Waals surface area (Å²) in [5.74, 6) is -1.17. The van der Waals surface area contributed by atoms with Gasteiger partial charge in [0.05, 0.1) is 5.92 Å². The smallest absolute Gasteiger partial charge is 0.233 e. The third-order valence-corrected chi connectivity index (χ3v) is 3.99. The van der Waals surface area contributed by atoms with E-state index in [0.717, 1.165) is 4.90 Å². The molecule has 2 aliphatic heterocycles. The largest absolute Gasteiger partial charge is 0.281 e. The van der Waals surface area contributed by atoms with Gasteiger partial charge in [0.15, 0.2) is 0 Å². The molecule has 0 bridgehead atoms. The fourth-order valence-electron chi connectivity index (χ4n) is 2.67. The molecule has 0 aromatic heterocycles. The second kappa shape index (κ2) is 5.00. The topological polar surface area (TPSA) is 74.8 Å². The monoisotopic (exact) mass is 280 g/mol. The van der Waals surface area contributed by atoms with Crippen molar-refractivity contribution in [1.29, 1.82) is 0 Å². The van der Waals surface area contributed by atoms with Crippen molar-refractivity contribution in [3.8, 4) is 0 Å². The van der Waals surface area contributed by atoms with Crippen LogP contribution in [-0.2, 0) is 19.2 Å². The molecule has 1 atom stereocenters. The fraction of sp³-hybridized carbons (Fsp3) is 0.714. The van der Waals surface area contributed by atoms with E-state index in [4.69, 9.17) is 0 Å². The van der Waals surface area contributed by atoms with Gasteiger partial charge in [0, 0.05) is 32.4 Å². The number of amides is 4. The number of likely N-dealkylation sites (tertiary alicyclic amines) is 2. The van der Waals surface area contributed by atoms with Crippen molar-refractivity contribution in [1.82, 2.24) is 9.80 Å². The Morgan fingerprint density at radius 3 is 1.85 bits per heavy atom. The van der Waals surface area contributed by atoms with Crippen molar-refractivity contribution in [2.75, 3.05) is 13.1 Å². The Bertz CT molecular complexity index is 462. The maximum Gasteiger partial charge on any atom is 0.233 e. The number of hydrogen-bond donors (Lipinski definition) is 0. The third kappa shape index (κ3) is 2.59. The van der Waals surface area contributed by atoms with Gasteiger partial charge in [0.25, 0.3) is 0 Å². The van der Waals surface area contributed by atoms with Crippen LogP contribution in [0.15, 0.2) is 0 Å². The van der Waals surface area contributed by atoms with E-state index in [0.29, 0.717) is 0 Å². The predicted octanol–water partition coefficient (Wildman–Crippen LogP) is 0.557. The molecule has 20 heavy (non-hydrogen) atoms. The van der Waals surface area contributed by atoms with Crippen LogP contribution in [0, 0.1) is 11.3 Å². The summed E-state index contributed by atoms with van der Waals surface area (Å²) in [7, 11) is 0. The molecule has 0 saturated carbocycles. The average Bonchev–Trinajstić information content (AvgIpc) is 2.79. The third-order valence-electron chi connectivity index (χ3n) is 3.99. The lowest BCUT2D eigenvalue weighted by Crippen LogP contribution is -2.41. The number of nitrogens with zero attached hydrogens (tertiary/aromatic N) is 2. The van der Waals surface area contributed by atoms with Gasteiger partial charge >= 0.3 is 0 Å². The molecule has 0 aromatic rings. The first-order chi connectivity index (χ1) is 9.21. The van der Waals surface area contributed by atoms with Crippen molar-refractivity contribution >= 4 is 23.6 Å². The molecule has 0 spiro atoms. The van der Waals surface area contributed by atoms with Crippen LogP contribution in [0.25, 0.3) is 0 Å². The van der Waals surface area contributed by atoms with Crippen LogP contribution in [0.1, 0.15) is 40.0 Å². The maximum absolute atomic E-state index is 12.2. The highest BCUT2D eigenvalue weighted by atomic mass is 16.2. The highest BCUT2D eigenvalue weighted by molar-refractivity contribution is 6.04. The van der Waals surface area contributed by atoms with Gasteiger partial charge in [-0.3, -0.25) is 29.0 Å². The molecule has 2 fully saturated rings. The maximum atomic E-state index is 12.2. The van der Waals surface area contributed by atoms with Gasteiger partial charge in [0.2, 0.25) is 23.6 Å². The van der Waals surface area contributed by atoms with Gasteiger partial charge in [-0.1, -0.05) is 20.8 Å². The summed E-state index contributed by atoms with van der Waals surface area (Å²) in [6, 6.07) is 0. The number of hydrogen-bond acceptors (Lipinski definition) is 4. The molecule has 110 valence electrons. The lowest BCUT2D eigenvalue weighted by Gasteiger charge is -2.25. The minimum Gasteiger partial charge on any atom is -0.281 e. The standard InChI is InChI=1S/C14H20N2O4/c1-14(2,3)9-8-12(19)16(13(9)20)7-6-15-10(17)4-5-11(15)18/h9H,4-8H2,1-3H3. The van der Waals surface area contributed by atoms with Gasteiger partial charge in [-0.15, -0.1) is 0 Å². The number of carbonyl (C=O) groups excluding carboxylic acids is 4. The summed E-state index contributed by atoms with van der Waals surface area (Å²) in [5, 5.41) is 0. The predicted molar refractivity (Wildman–Crippen MR) is 70.2 cm³/mol. The van der Waals surface area contributed by atoms with E-state index in [1.54, 1.807) is 0 Å². The molecule has 4 amide bonds. The van der Waals surface area contributed by atoms with E-state index < -0.39 is 0 Å². The Morgan fingerprint density at radius 1 is 0.900 bits per heavy atom. The average molecular weight is 280 g/mol. The van der Waals surface area contributed by atoms with E-state index in [2.05, 4.69) is 0 Å². The molecular formula is C14H20N2O4. The Hall–Kier alpha value is -1.72. The molecule has 6 nitrogen and oxygen atoms in total. The summed E-state index contributed by atoms with van der Waals surface area (Å²) in [5.41, 5.74) is -0.263. The molecule has 0 aliphatic carbocycles. The van der Waals surface area contributed by atoms with Crippen LogP contribution in [0.2, 0.25) is 0 Å². The molecule has 2 aliphatic rings. The Labute approximate surface area is 118 Å². The van der Waals surface area contributed by atoms with E-state index >= 15 is 0 Å². The number of rotatable bonds is 3. The van der Waals surface area contributed by atoms with E-state index in [1.807, 2.05) is 20.8 Å². The van der Waals surface area contributed by atoms with Crippen molar-refractivity contribution in [3.63, 3.8) is 0 Å². The van der Waals surface area contributed by atoms with Gasteiger partial charge in [0.1, 0.15) is 0 Å². The summed E-state index contributed by atoms with van der Waals surface area (Å²) >= 11 is 0. The number of imide groups is 2. The molecule has 0 N–H and O–H groups in total. The second-order valence-electron chi connectivity index (χ2n) is 6.45. The Morgan fingerprint density at radius 2 is 1.40 bits per heavy atom. The van der Waals surface area contributed by atoms with Crippen molar-refractivity contribution < 1.29 is 19.2 Å². The first kappa shape index (κ1) is 14.7. The minimum absolute atomic E-state index is 0.113. The van der Waals surface area contributed by atoms with E-state index in [1.165, 1.54) is 4.90 Å². The van der Waals surface area contributed by atoms with Crippen LogP contribution >= 0.6 is 0 Å². The van der Waals surface area contributed by atoms with Crippen molar-refractivity contribution in [2.24, 2.45) is 11.3 Å². The van der Waals surface area contributed by atoms with Crippen LogP contribution < -0.4 is 0 Å². The molecule has 0 radical (unpaired) electrons. The Balaban J connectivity index is 2.00. The lowest BCUT2D eigenvalue weighted by molar-refractivity contribution is -0.144. The minimum atomic E-state index is -0.319. The Kier molecular flexibility index (Phi) is 3.67. The van der Waals surface area contributed by atoms with E-state index in [9.17, 15) is 19.2 Å². The van der Waals surface area contributed by atoms with Crippen LogP contribution in [-0.4, -0.2) is 46.5 Å².